The van der Waals surface area contributed by atoms with Gasteiger partial charge in [0.25, 0.3) is 11.6 Å². The summed E-state index contributed by atoms with van der Waals surface area (Å²) in [4.78, 5) is 23.7. The summed E-state index contributed by atoms with van der Waals surface area (Å²) in [6, 6.07) is 10.6. The summed E-state index contributed by atoms with van der Waals surface area (Å²) in [5, 5.41) is 18.0. The van der Waals surface area contributed by atoms with Crippen LogP contribution < -0.4 is 10.6 Å². The molecule has 1 aliphatic heterocycles. The predicted octanol–water partition coefficient (Wildman–Crippen LogP) is 5.21. The minimum Gasteiger partial charge on any atom is -0.377 e. The van der Waals surface area contributed by atoms with Crippen molar-refractivity contribution in [1.29, 1.82) is 0 Å². The first kappa shape index (κ1) is 19.5. The Morgan fingerprint density at radius 1 is 1.31 bits per heavy atom. The van der Waals surface area contributed by atoms with Gasteiger partial charge in [-0.2, -0.15) is 0 Å². The van der Waals surface area contributed by atoms with Crippen molar-refractivity contribution in [1.82, 2.24) is 5.32 Å². The van der Waals surface area contributed by atoms with Crippen molar-refractivity contribution in [2.24, 2.45) is 5.92 Å². The van der Waals surface area contributed by atoms with Gasteiger partial charge in [-0.3, -0.25) is 14.9 Å². The van der Waals surface area contributed by atoms with E-state index in [4.69, 9.17) is 11.6 Å². The number of hydrogen-bond acceptors (Lipinski definition) is 4. The minimum absolute atomic E-state index is 0.0239. The fraction of sp³-hybridized carbons (Fsp3) is 0.318. The molecule has 2 aliphatic rings. The minimum atomic E-state index is -0.464. The third kappa shape index (κ3) is 3.49. The van der Waals surface area contributed by atoms with Crippen molar-refractivity contribution in [3.05, 3.63) is 80.4 Å². The van der Waals surface area contributed by atoms with Gasteiger partial charge in [0.05, 0.1) is 22.2 Å². The van der Waals surface area contributed by atoms with Crippen LogP contribution in [-0.4, -0.2) is 16.9 Å². The summed E-state index contributed by atoms with van der Waals surface area (Å²) in [6.45, 7) is 3.85. The number of nitro groups is 1. The molecule has 3 atom stereocenters. The molecule has 6 nitrogen and oxygen atoms in total. The van der Waals surface area contributed by atoms with E-state index in [2.05, 4.69) is 22.8 Å². The van der Waals surface area contributed by atoms with Crippen LogP contribution in [0.1, 0.15) is 53.7 Å². The topological polar surface area (TPSA) is 84.3 Å². The van der Waals surface area contributed by atoms with Crippen LogP contribution in [0.3, 0.4) is 0 Å². The lowest BCUT2D eigenvalue weighted by Gasteiger charge is -2.38. The van der Waals surface area contributed by atoms with Crippen molar-refractivity contribution in [2.75, 3.05) is 5.32 Å². The van der Waals surface area contributed by atoms with Crippen molar-refractivity contribution in [3.63, 3.8) is 0 Å². The van der Waals surface area contributed by atoms with Crippen LogP contribution >= 0.6 is 11.6 Å². The van der Waals surface area contributed by atoms with Crippen LogP contribution in [-0.2, 0) is 0 Å². The Labute approximate surface area is 174 Å². The largest absolute Gasteiger partial charge is 0.377 e. The number of nitrogens with zero attached hydrogens (tertiary/aromatic N) is 1. The smallest absolute Gasteiger partial charge is 0.288 e. The van der Waals surface area contributed by atoms with Gasteiger partial charge in [-0.1, -0.05) is 42.0 Å². The number of allylic oxidation sites excluding steroid dienone is 2. The number of halogens is 1. The number of para-hydroxylation sites is 1. The van der Waals surface area contributed by atoms with Gasteiger partial charge in [-0.25, -0.2) is 0 Å². The molecule has 0 fully saturated rings. The molecule has 0 bridgehead atoms. The molecule has 2 N–H and O–H groups in total. The summed E-state index contributed by atoms with van der Waals surface area (Å²) < 4.78 is 0. The van der Waals surface area contributed by atoms with Gasteiger partial charge in [0.15, 0.2) is 0 Å². The van der Waals surface area contributed by atoms with E-state index in [1.807, 2.05) is 38.1 Å². The maximum absolute atomic E-state index is 12.8. The zero-order valence-electron chi connectivity index (χ0n) is 16.2. The zero-order valence-corrected chi connectivity index (χ0v) is 16.9. The van der Waals surface area contributed by atoms with Crippen molar-refractivity contribution in [2.45, 2.75) is 38.3 Å². The third-order valence-electron chi connectivity index (χ3n) is 5.59. The molecule has 2 aromatic carbocycles. The number of hydrogen-bond donors (Lipinski definition) is 2. The summed E-state index contributed by atoms with van der Waals surface area (Å²) in [6.07, 6.45) is 5.18. The summed E-state index contributed by atoms with van der Waals surface area (Å²) in [5.74, 6) is 0.232. The van der Waals surface area contributed by atoms with Gasteiger partial charge in [-0.15, -0.1) is 0 Å². The van der Waals surface area contributed by atoms with Gasteiger partial charge in [0.2, 0.25) is 0 Å². The molecule has 2 aromatic rings. The molecule has 0 aromatic heterocycles. The Morgan fingerprint density at radius 3 is 2.83 bits per heavy atom. The number of carbonyl (C=O) groups excluding carboxylic acids is 1. The van der Waals surface area contributed by atoms with Gasteiger partial charge in [0.1, 0.15) is 5.02 Å². The molecule has 1 aliphatic carbocycles. The van der Waals surface area contributed by atoms with Gasteiger partial charge >= 0.3 is 0 Å². The second-order valence-electron chi connectivity index (χ2n) is 7.84. The standard InChI is InChI=1S/C22H22ClN3O3/c1-12(2)24-22(27)17-8-4-7-16-14-5-3-6-15(14)20(25-21(16)17)13-9-10-18(23)19(11-13)26(28)29/h3-5,7-12,14-15,20,25H,6H2,1-2H3,(H,24,27). The lowest BCUT2D eigenvalue weighted by atomic mass is 9.76. The molecule has 1 amide bonds. The summed E-state index contributed by atoms with van der Waals surface area (Å²) in [5.41, 5.74) is 3.15. The molecule has 0 saturated heterocycles. The maximum atomic E-state index is 12.8. The molecular formula is C22H22ClN3O3. The van der Waals surface area contributed by atoms with Crippen LogP contribution in [0.5, 0.6) is 0 Å². The highest BCUT2D eigenvalue weighted by atomic mass is 35.5. The number of carbonyl (C=O) groups is 1. The average Bonchev–Trinajstić information content (AvgIpc) is 3.16. The predicted molar refractivity (Wildman–Crippen MR) is 114 cm³/mol. The van der Waals surface area contributed by atoms with Gasteiger partial charge in [0, 0.05) is 18.0 Å². The van der Waals surface area contributed by atoms with Crippen molar-refractivity contribution in [3.8, 4) is 0 Å². The van der Waals surface area contributed by atoms with Crippen LogP contribution in [0.4, 0.5) is 11.4 Å². The first-order valence-corrected chi connectivity index (χ1v) is 10.1. The molecule has 0 saturated carbocycles. The SMILES string of the molecule is CC(C)NC(=O)c1cccc2c1NC(c1ccc(Cl)c([N+](=O)[O-])c1)C1CC=CC21. The van der Waals surface area contributed by atoms with Gasteiger partial charge in [-0.05, 0) is 49.4 Å². The number of rotatable bonds is 4. The second kappa shape index (κ2) is 7.52. The first-order chi connectivity index (χ1) is 13.9. The molecular weight excluding hydrogens is 390 g/mol. The van der Waals surface area contributed by atoms with Crippen molar-refractivity contribution >= 4 is 28.9 Å². The van der Waals surface area contributed by atoms with E-state index in [9.17, 15) is 14.9 Å². The number of nitro benzene ring substituents is 1. The van der Waals surface area contributed by atoms with Crippen LogP contribution in [0.15, 0.2) is 48.6 Å². The Balaban J connectivity index is 1.79. The van der Waals surface area contributed by atoms with Crippen LogP contribution in [0.25, 0.3) is 0 Å². The average molecular weight is 412 g/mol. The number of nitrogens with one attached hydrogen (secondary N) is 2. The molecule has 0 spiro atoms. The van der Waals surface area contributed by atoms with E-state index in [1.165, 1.54) is 6.07 Å². The lowest BCUT2D eigenvalue weighted by Crippen LogP contribution is -2.34. The Morgan fingerprint density at radius 2 is 2.10 bits per heavy atom. The normalized spacial score (nSPS) is 22.0. The molecule has 29 heavy (non-hydrogen) atoms. The molecule has 1 heterocycles. The molecule has 3 unspecified atom stereocenters. The molecule has 7 heteroatoms. The number of benzene rings is 2. The summed E-state index contributed by atoms with van der Waals surface area (Å²) in [7, 11) is 0. The molecule has 0 radical (unpaired) electrons. The van der Waals surface area contributed by atoms with E-state index in [1.54, 1.807) is 6.07 Å². The van der Waals surface area contributed by atoms with Crippen LogP contribution in [0.2, 0.25) is 5.02 Å². The highest BCUT2D eigenvalue weighted by Crippen LogP contribution is 2.51. The number of anilines is 1. The van der Waals surface area contributed by atoms with Gasteiger partial charge < -0.3 is 10.6 Å². The highest BCUT2D eigenvalue weighted by molar-refractivity contribution is 6.32. The Bertz CT molecular complexity index is 1020. The van der Waals surface area contributed by atoms with E-state index in [0.717, 1.165) is 23.2 Å². The maximum Gasteiger partial charge on any atom is 0.288 e. The number of amides is 1. The van der Waals surface area contributed by atoms with Crippen LogP contribution in [0, 0.1) is 16.0 Å². The quantitative estimate of drug-likeness (QED) is 0.410. The molecule has 4 rings (SSSR count). The van der Waals surface area contributed by atoms with E-state index < -0.39 is 4.92 Å². The Kier molecular flexibility index (Phi) is 5.04. The van der Waals surface area contributed by atoms with E-state index in [0.29, 0.717) is 5.56 Å². The van der Waals surface area contributed by atoms with E-state index >= 15 is 0 Å². The summed E-state index contributed by atoms with van der Waals surface area (Å²) >= 11 is 6.01. The third-order valence-corrected chi connectivity index (χ3v) is 5.91. The Hall–Kier alpha value is -2.86. The highest BCUT2D eigenvalue weighted by Gasteiger charge is 2.39. The fourth-order valence-corrected chi connectivity index (χ4v) is 4.53. The van der Waals surface area contributed by atoms with Crippen molar-refractivity contribution < 1.29 is 9.72 Å². The second-order valence-corrected chi connectivity index (χ2v) is 8.25. The fourth-order valence-electron chi connectivity index (χ4n) is 4.34. The monoisotopic (exact) mass is 411 g/mol. The lowest BCUT2D eigenvalue weighted by molar-refractivity contribution is -0.384. The molecule has 150 valence electrons. The number of fused-ring (bicyclic) bond motifs is 3. The first-order valence-electron chi connectivity index (χ1n) is 9.67. The van der Waals surface area contributed by atoms with E-state index in [-0.39, 0.29) is 40.5 Å². The zero-order chi connectivity index (χ0) is 20.7.